The number of carbonyl (C=O) groups excluding carboxylic acids is 2. The van der Waals surface area contributed by atoms with E-state index in [9.17, 15) is 18.0 Å². The molecule has 0 saturated carbocycles. The summed E-state index contributed by atoms with van der Waals surface area (Å²) in [7, 11) is -1.97. The Morgan fingerprint density at radius 3 is 2.22 bits per heavy atom. The summed E-state index contributed by atoms with van der Waals surface area (Å²) in [5, 5.41) is 5.64. The Hall–Kier alpha value is -2.91. The molecule has 0 saturated heterocycles. The topological polar surface area (TPSA) is 114 Å². The molecule has 2 aromatic carbocycles. The van der Waals surface area contributed by atoms with Crippen molar-refractivity contribution >= 4 is 21.8 Å². The van der Waals surface area contributed by atoms with E-state index in [4.69, 9.17) is 4.74 Å². The lowest BCUT2D eigenvalue weighted by Gasteiger charge is -2.22. The Bertz CT molecular complexity index is 1020. The van der Waals surface area contributed by atoms with Gasteiger partial charge in [0.1, 0.15) is 11.8 Å². The number of sulfonamides is 1. The van der Waals surface area contributed by atoms with Crippen molar-refractivity contribution in [3.05, 3.63) is 65.2 Å². The third kappa shape index (κ3) is 7.35. The zero-order chi connectivity index (χ0) is 23.7. The van der Waals surface area contributed by atoms with Gasteiger partial charge in [0, 0.05) is 6.54 Å². The summed E-state index contributed by atoms with van der Waals surface area (Å²) in [6, 6.07) is 13.1. The number of ether oxygens (including phenoxy) is 1. The molecule has 1 unspecified atom stereocenters. The number of rotatable bonds is 11. The van der Waals surface area contributed by atoms with Gasteiger partial charge in [0.2, 0.25) is 15.9 Å². The lowest BCUT2D eigenvalue weighted by molar-refractivity contribution is -0.124. The molecule has 32 heavy (non-hydrogen) atoms. The average Bonchev–Trinajstić information content (AvgIpc) is 2.76. The fraction of sp³-hybridized carbons (Fsp3) is 0.391. The van der Waals surface area contributed by atoms with Crippen molar-refractivity contribution in [1.29, 1.82) is 0 Å². The largest absolute Gasteiger partial charge is 0.493 e. The second kappa shape index (κ2) is 11.6. The van der Waals surface area contributed by atoms with E-state index in [1.54, 1.807) is 48.5 Å². The van der Waals surface area contributed by atoms with E-state index in [2.05, 4.69) is 15.4 Å². The minimum absolute atomic E-state index is 0.110. The van der Waals surface area contributed by atoms with Gasteiger partial charge in [-0.25, -0.2) is 13.1 Å². The van der Waals surface area contributed by atoms with Crippen molar-refractivity contribution in [1.82, 2.24) is 15.4 Å². The van der Waals surface area contributed by atoms with Crippen molar-refractivity contribution in [2.75, 3.05) is 13.7 Å². The number of amides is 2. The zero-order valence-electron chi connectivity index (χ0n) is 18.8. The van der Waals surface area contributed by atoms with Crippen molar-refractivity contribution in [3.63, 3.8) is 0 Å². The predicted octanol–water partition coefficient (Wildman–Crippen LogP) is 2.21. The summed E-state index contributed by atoms with van der Waals surface area (Å²) in [4.78, 5) is 25.6. The van der Waals surface area contributed by atoms with E-state index in [0.29, 0.717) is 23.5 Å². The molecule has 8 nitrogen and oxygen atoms in total. The minimum atomic E-state index is -3.34. The van der Waals surface area contributed by atoms with Crippen molar-refractivity contribution in [3.8, 4) is 5.75 Å². The molecule has 1 atom stereocenters. The van der Waals surface area contributed by atoms with Gasteiger partial charge in [-0.15, -0.1) is 0 Å². The van der Waals surface area contributed by atoms with Crippen LogP contribution in [0.5, 0.6) is 5.75 Å². The zero-order valence-corrected chi connectivity index (χ0v) is 19.7. The molecule has 3 N–H and O–H groups in total. The SMILES string of the molecule is CCOc1ccccc1C(=O)NC(C(=O)NCc1ccc(CS(=O)(=O)NC)cc1)C(C)C. The van der Waals surface area contributed by atoms with E-state index in [1.807, 2.05) is 20.8 Å². The quantitative estimate of drug-likeness (QED) is 0.475. The van der Waals surface area contributed by atoms with Crippen molar-refractivity contribution < 1.29 is 22.7 Å². The molecule has 2 amide bonds. The number of nitrogens with one attached hydrogen (secondary N) is 3. The van der Waals surface area contributed by atoms with E-state index < -0.39 is 16.1 Å². The fourth-order valence-corrected chi connectivity index (χ4v) is 3.81. The molecule has 2 aromatic rings. The molecule has 9 heteroatoms. The van der Waals surface area contributed by atoms with Crippen molar-refractivity contribution in [2.45, 2.75) is 39.1 Å². The van der Waals surface area contributed by atoms with Crippen LogP contribution in [0.25, 0.3) is 0 Å². The highest BCUT2D eigenvalue weighted by Crippen LogP contribution is 2.18. The molecular weight excluding hydrogens is 430 g/mol. The van der Waals surface area contributed by atoms with Gasteiger partial charge in [-0.3, -0.25) is 9.59 Å². The first-order valence-electron chi connectivity index (χ1n) is 10.5. The normalized spacial score (nSPS) is 12.3. The smallest absolute Gasteiger partial charge is 0.255 e. The highest BCUT2D eigenvalue weighted by molar-refractivity contribution is 7.88. The molecule has 0 aliphatic heterocycles. The van der Waals surface area contributed by atoms with Crippen LogP contribution in [0.4, 0.5) is 0 Å². The van der Waals surface area contributed by atoms with E-state index >= 15 is 0 Å². The summed E-state index contributed by atoms with van der Waals surface area (Å²) in [6.45, 7) is 6.24. The summed E-state index contributed by atoms with van der Waals surface area (Å²) < 4.78 is 31.1. The number of carbonyl (C=O) groups is 2. The highest BCUT2D eigenvalue weighted by atomic mass is 32.2. The van der Waals surface area contributed by atoms with Crippen LogP contribution in [0.1, 0.15) is 42.3 Å². The molecule has 0 aliphatic carbocycles. The van der Waals surface area contributed by atoms with E-state index in [-0.39, 0.29) is 30.0 Å². The average molecular weight is 462 g/mol. The summed E-state index contributed by atoms with van der Waals surface area (Å²) in [5.41, 5.74) is 1.84. The maximum Gasteiger partial charge on any atom is 0.255 e. The van der Waals surface area contributed by atoms with Gasteiger partial charge in [-0.1, -0.05) is 50.2 Å². The minimum Gasteiger partial charge on any atom is -0.493 e. The van der Waals surface area contributed by atoms with Crippen LogP contribution in [0.2, 0.25) is 0 Å². The Labute approximate surface area is 189 Å². The Balaban J connectivity index is 2.01. The lowest BCUT2D eigenvalue weighted by Crippen LogP contribution is -2.49. The van der Waals surface area contributed by atoms with Gasteiger partial charge in [0.05, 0.1) is 17.9 Å². The van der Waals surface area contributed by atoms with Gasteiger partial charge >= 0.3 is 0 Å². The van der Waals surface area contributed by atoms with Gasteiger partial charge in [0.15, 0.2) is 0 Å². The maximum absolute atomic E-state index is 12.8. The summed E-state index contributed by atoms with van der Waals surface area (Å²) >= 11 is 0. The van der Waals surface area contributed by atoms with Crippen LogP contribution in [-0.2, 0) is 27.1 Å². The summed E-state index contributed by atoms with van der Waals surface area (Å²) in [5.74, 6) is -0.453. The molecule has 0 spiro atoms. The fourth-order valence-electron chi connectivity index (χ4n) is 3.03. The highest BCUT2D eigenvalue weighted by Gasteiger charge is 2.25. The summed E-state index contributed by atoms with van der Waals surface area (Å²) in [6.07, 6.45) is 0. The lowest BCUT2D eigenvalue weighted by atomic mass is 10.0. The van der Waals surface area contributed by atoms with Gasteiger partial charge < -0.3 is 15.4 Å². The number of para-hydroxylation sites is 1. The first-order valence-corrected chi connectivity index (χ1v) is 12.1. The Morgan fingerprint density at radius 1 is 1.00 bits per heavy atom. The predicted molar refractivity (Wildman–Crippen MR) is 124 cm³/mol. The van der Waals surface area contributed by atoms with Crippen molar-refractivity contribution in [2.24, 2.45) is 5.92 Å². The number of hydrogen-bond acceptors (Lipinski definition) is 5. The molecule has 0 heterocycles. The van der Waals surface area contributed by atoms with Gasteiger partial charge in [-0.05, 0) is 43.1 Å². The van der Waals surface area contributed by atoms with Crippen LogP contribution in [-0.4, -0.2) is 39.9 Å². The molecule has 0 aromatic heterocycles. The second-order valence-corrected chi connectivity index (χ2v) is 9.55. The molecule has 0 fully saturated rings. The van der Waals surface area contributed by atoms with Gasteiger partial charge in [-0.2, -0.15) is 0 Å². The molecule has 0 aliphatic rings. The van der Waals surface area contributed by atoms with E-state index in [0.717, 1.165) is 5.56 Å². The molecule has 0 radical (unpaired) electrons. The van der Waals surface area contributed by atoms with Crippen LogP contribution < -0.4 is 20.1 Å². The van der Waals surface area contributed by atoms with Crippen LogP contribution >= 0.6 is 0 Å². The first kappa shape index (κ1) is 25.4. The standard InChI is InChI=1S/C23H31N3O5S/c1-5-31-20-9-7-6-8-19(20)22(27)26-21(16(2)3)23(28)25-14-17-10-12-18(13-11-17)15-32(29,30)24-4/h6-13,16,21,24H,5,14-15H2,1-4H3,(H,25,28)(H,26,27). The van der Waals surface area contributed by atoms with Crippen LogP contribution in [0, 0.1) is 5.92 Å². The third-order valence-electron chi connectivity index (χ3n) is 4.82. The number of benzene rings is 2. The third-order valence-corrected chi connectivity index (χ3v) is 6.16. The number of hydrogen-bond donors (Lipinski definition) is 3. The van der Waals surface area contributed by atoms with Crippen LogP contribution in [0.15, 0.2) is 48.5 Å². The molecule has 0 bridgehead atoms. The maximum atomic E-state index is 12.8. The molecule has 174 valence electrons. The van der Waals surface area contributed by atoms with Crippen LogP contribution in [0.3, 0.4) is 0 Å². The second-order valence-electron chi connectivity index (χ2n) is 7.62. The Kier molecular flexibility index (Phi) is 9.22. The van der Waals surface area contributed by atoms with Gasteiger partial charge in [0.25, 0.3) is 5.91 Å². The Morgan fingerprint density at radius 2 is 1.62 bits per heavy atom. The molecule has 2 rings (SSSR count). The van der Waals surface area contributed by atoms with E-state index in [1.165, 1.54) is 7.05 Å². The monoisotopic (exact) mass is 461 g/mol. The first-order chi connectivity index (χ1) is 15.2. The molecular formula is C23H31N3O5S.